The van der Waals surface area contributed by atoms with Gasteiger partial charge < -0.3 is 15.7 Å². The van der Waals surface area contributed by atoms with Crippen LogP contribution >= 0.6 is 0 Å². The zero-order chi connectivity index (χ0) is 11.4. The Morgan fingerprint density at radius 1 is 1.50 bits per heavy atom. The van der Waals surface area contributed by atoms with Gasteiger partial charge in [-0.3, -0.25) is 5.32 Å². The standard InChI is InChI=1S/C11H13N3O2/c15-10(16)8-3-1-4-9(7-8)14-11-12-5-2-6-13-11/h1-5,7,11-14H,6H2,(H,15,16). The fraction of sp³-hybridized carbons (Fsp3) is 0.182. The highest BCUT2D eigenvalue weighted by Crippen LogP contribution is 2.11. The van der Waals surface area contributed by atoms with E-state index >= 15 is 0 Å². The highest BCUT2D eigenvalue weighted by Gasteiger charge is 2.08. The molecule has 1 aromatic carbocycles. The van der Waals surface area contributed by atoms with Crippen LogP contribution < -0.4 is 16.0 Å². The van der Waals surface area contributed by atoms with Crippen LogP contribution in [0.2, 0.25) is 0 Å². The smallest absolute Gasteiger partial charge is 0.335 e. The van der Waals surface area contributed by atoms with Gasteiger partial charge >= 0.3 is 5.97 Å². The van der Waals surface area contributed by atoms with Crippen LogP contribution in [-0.4, -0.2) is 23.9 Å². The highest BCUT2D eigenvalue weighted by molar-refractivity contribution is 5.88. The maximum Gasteiger partial charge on any atom is 0.335 e. The predicted molar refractivity (Wildman–Crippen MR) is 61.1 cm³/mol. The Morgan fingerprint density at radius 2 is 2.38 bits per heavy atom. The second-order valence-corrected chi connectivity index (χ2v) is 3.44. The Hall–Kier alpha value is -2.01. The minimum Gasteiger partial charge on any atom is -0.478 e. The Balaban J connectivity index is 2.06. The molecule has 0 aliphatic carbocycles. The Labute approximate surface area is 93.2 Å². The monoisotopic (exact) mass is 219 g/mol. The van der Waals surface area contributed by atoms with Crippen LogP contribution in [-0.2, 0) is 0 Å². The first-order valence-electron chi connectivity index (χ1n) is 5.00. The first-order valence-corrected chi connectivity index (χ1v) is 5.00. The van der Waals surface area contributed by atoms with Crippen LogP contribution in [0, 0.1) is 0 Å². The van der Waals surface area contributed by atoms with Crippen molar-refractivity contribution in [2.24, 2.45) is 0 Å². The predicted octanol–water partition coefficient (Wildman–Crippen LogP) is 0.787. The molecular weight excluding hydrogens is 206 g/mol. The average Bonchev–Trinajstić information content (AvgIpc) is 2.30. The first-order chi connectivity index (χ1) is 7.75. The lowest BCUT2D eigenvalue weighted by Gasteiger charge is -2.23. The molecule has 0 saturated carbocycles. The fourth-order valence-corrected chi connectivity index (χ4v) is 1.47. The van der Waals surface area contributed by atoms with Crippen LogP contribution in [0.4, 0.5) is 5.69 Å². The van der Waals surface area contributed by atoms with E-state index in [4.69, 9.17) is 5.11 Å². The first kappa shape index (κ1) is 10.5. The van der Waals surface area contributed by atoms with Crippen LogP contribution in [0.1, 0.15) is 10.4 Å². The minimum absolute atomic E-state index is 0.0750. The molecule has 0 saturated heterocycles. The molecule has 5 heteroatoms. The second-order valence-electron chi connectivity index (χ2n) is 3.44. The summed E-state index contributed by atoms with van der Waals surface area (Å²) in [6.45, 7) is 0.781. The number of nitrogens with one attached hydrogen (secondary N) is 3. The quantitative estimate of drug-likeness (QED) is 0.605. The Morgan fingerprint density at radius 3 is 3.06 bits per heavy atom. The zero-order valence-corrected chi connectivity index (χ0v) is 8.60. The number of aromatic carboxylic acids is 1. The van der Waals surface area contributed by atoms with Gasteiger partial charge in [-0.25, -0.2) is 4.79 Å². The number of carboxylic acids is 1. The van der Waals surface area contributed by atoms with E-state index in [0.717, 1.165) is 12.2 Å². The Bertz CT molecular complexity index is 417. The summed E-state index contributed by atoms with van der Waals surface area (Å²) in [5, 5.41) is 18.2. The average molecular weight is 219 g/mol. The van der Waals surface area contributed by atoms with Crippen molar-refractivity contribution >= 4 is 11.7 Å². The third-order valence-electron chi connectivity index (χ3n) is 2.24. The molecule has 1 aliphatic heterocycles. The van der Waals surface area contributed by atoms with E-state index in [1.807, 2.05) is 18.3 Å². The van der Waals surface area contributed by atoms with Crippen LogP contribution in [0.3, 0.4) is 0 Å². The normalized spacial score (nSPS) is 18.9. The molecule has 4 N–H and O–H groups in total. The molecule has 1 aliphatic rings. The fourth-order valence-electron chi connectivity index (χ4n) is 1.47. The molecule has 0 fully saturated rings. The number of hydrogen-bond acceptors (Lipinski definition) is 4. The number of carbonyl (C=O) groups is 1. The van der Waals surface area contributed by atoms with Crippen molar-refractivity contribution in [3.05, 3.63) is 42.1 Å². The van der Waals surface area contributed by atoms with Gasteiger partial charge in [0.2, 0.25) is 0 Å². The van der Waals surface area contributed by atoms with Crippen molar-refractivity contribution in [1.82, 2.24) is 10.6 Å². The molecule has 1 unspecified atom stereocenters. The van der Waals surface area contributed by atoms with Crippen molar-refractivity contribution < 1.29 is 9.90 Å². The van der Waals surface area contributed by atoms with Crippen molar-refractivity contribution in [2.75, 3.05) is 11.9 Å². The van der Waals surface area contributed by atoms with Crippen LogP contribution in [0.5, 0.6) is 0 Å². The largest absolute Gasteiger partial charge is 0.478 e. The summed E-state index contributed by atoms with van der Waals surface area (Å²) in [5.74, 6) is -0.923. The summed E-state index contributed by atoms with van der Waals surface area (Å²) in [4.78, 5) is 10.8. The third-order valence-corrected chi connectivity index (χ3v) is 2.24. The molecule has 1 atom stereocenters. The van der Waals surface area contributed by atoms with Crippen molar-refractivity contribution in [1.29, 1.82) is 0 Å². The van der Waals surface area contributed by atoms with E-state index in [0.29, 0.717) is 0 Å². The molecule has 0 amide bonds. The third kappa shape index (κ3) is 2.52. The van der Waals surface area contributed by atoms with E-state index in [2.05, 4.69) is 16.0 Å². The molecule has 16 heavy (non-hydrogen) atoms. The van der Waals surface area contributed by atoms with E-state index in [1.165, 1.54) is 0 Å². The van der Waals surface area contributed by atoms with Crippen molar-refractivity contribution in [2.45, 2.75) is 6.29 Å². The van der Waals surface area contributed by atoms with Crippen molar-refractivity contribution in [3.63, 3.8) is 0 Å². The van der Waals surface area contributed by atoms with E-state index in [1.54, 1.807) is 18.2 Å². The summed E-state index contributed by atoms with van der Waals surface area (Å²) < 4.78 is 0. The molecule has 1 heterocycles. The number of anilines is 1. The van der Waals surface area contributed by atoms with E-state index in [9.17, 15) is 4.79 Å². The number of carboxylic acid groups (broad SMARTS) is 1. The summed E-state index contributed by atoms with van der Waals surface area (Å²) >= 11 is 0. The summed E-state index contributed by atoms with van der Waals surface area (Å²) in [5.41, 5.74) is 1.04. The second kappa shape index (κ2) is 4.67. The summed E-state index contributed by atoms with van der Waals surface area (Å²) in [6, 6.07) is 6.71. The molecule has 2 rings (SSSR count). The lowest BCUT2D eigenvalue weighted by molar-refractivity contribution is 0.0697. The van der Waals surface area contributed by atoms with Gasteiger partial charge in [0, 0.05) is 12.2 Å². The van der Waals surface area contributed by atoms with Gasteiger partial charge in [-0.2, -0.15) is 0 Å². The Kier molecular flexibility index (Phi) is 3.07. The SMILES string of the molecule is O=C(O)c1cccc(NC2NC=CCN2)c1. The van der Waals surface area contributed by atoms with Gasteiger partial charge in [-0.15, -0.1) is 0 Å². The number of rotatable bonds is 3. The van der Waals surface area contributed by atoms with Crippen LogP contribution in [0.25, 0.3) is 0 Å². The topological polar surface area (TPSA) is 73.4 Å². The zero-order valence-electron chi connectivity index (χ0n) is 8.60. The number of benzene rings is 1. The highest BCUT2D eigenvalue weighted by atomic mass is 16.4. The maximum absolute atomic E-state index is 10.8. The van der Waals surface area contributed by atoms with Gasteiger partial charge in [0.15, 0.2) is 6.29 Å². The molecule has 1 aromatic rings. The van der Waals surface area contributed by atoms with Crippen LogP contribution in [0.15, 0.2) is 36.5 Å². The lowest BCUT2D eigenvalue weighted by atomic mass is 10.2. The maximum atomic E-state index is 10.8. The molecule has 0 bridgehead atoms. The summed E-state index contributed by atoms with van der Waals surface area (Å²) in [7, 11) is 0. The molecule has 0 radical (unpaired) electrons. The van der Waals surface area contributed by atoms with Gasteiger partial charge in [0.05, 0.1) is 5.56 Å². The van der Waals surface area contributed by atoms with Gasteiger partial charge in [0.1, 0.15) is 0 Å². The molecule has 0 spiro atoms. The van der Waals surface area contributed by atoms with E-state index in [-0.39, 0.29) is 11.9 Å². The van der Waals surface area contributed by atoms with E-state index < -0.39 is 5.97 Å². The van der Waals surface area contributed by atoms with Gasteiger partial charge in [-0.1, -0.05) is 12.1 Å². The van der Waals surface area contributed by atoms with Crippen molar-refractivity contribution in [3.8, 4) is 0 Å². The molecule has 5 nitrogen and oxygen atoms in total. The molecule has 0 aromatic heterocycles. The lowest BCUT2D eigenvalue weighted by Crippen LogP contribution is -2.48. The van der Waals surface area contributed by atoms with Gasteiger partial charge in [0.25, 0.3) is 0 Å². The number of hydrogen-bond donors (Lipinski definition) is 4. The molecule has 84 valence electrons. The summed E-state index contributed by atoms with van der Waals surface area (Å²) in [6.07, 6.45) is 3.75. The molecular formula is C11H13N3O2. The minimum atomic E-state index is -0.923. The van der Waals surface area contributed by atoms with Gasteiger partial charge in [-0.05, 0) is 24.4 Å².